The fourth-order valence-electron chi connectivity index (χ4n) is 2.24. The summed E-state index contributed by atoms with van der Waals surface area (Å²) in [6.07, 6.45) is -4.36. The van der Waals surface area contributed by atoms with Gasteiger partial charge in [-0.15, -0.1) is 0 Å². The van der Waals surface area contributed by atoms with Crippen molar-refractivity contribution in [1.29, 1.82) is 0 Å². The molecule has 1 atom stereocenters. The molecule has 0 aliphatic carbocycles. The summed E-state index contributed by atoms with van der Waals surface area (Å²) in [4.78, 5) is 11.9. The highest BCUT2D eigenvalue weighted by atomic mass is 19.4. The van der Waals surface area contributed by atoms with Crippen LogP contribution < -0.4 is 5.32 Å². The van der Waals surface area contributed by atoms with Gasteiger partial charge in [0.2, 0.25) is 5.91 Å². The molecule has 1 aromatic carbocycles. The van der Waals surface area contributed by atoms with E-state index in [0.717, 1.165) is 6.07 Å². The first-order chi connectivity index (χ1) is 10.8. The number of hydrogen-bond acceptors (Lipinski definition) is 4. The van der Waals surface area contributed by atoms with Gasteiger partial charge in [0.05, 0.1) is 12.0 Å². The van der Waals surface area contributed by atoms with E-state index in [9.17, 15) is 18.0 Å². The van der Waals surface area contributed by atoms with Crippen LogP contribution in [-0.4, -0.2) is 22.3 Å². The summed E-state index contributed by atoms with van der Waals surface area (Å²) < 4.78 is 43.3. The van der Waals surface area contributed by atoms with Crippen LogP contribution >= 0.6 is 0 Å². The zero-order valence-corrected chi connectivity index (χ0v) is 12.6. The number of halogens is 3. The number of hydrogen-bond donors (Lipinski definition) is 1. The van der Waals surface area contributed by atoms with E-state index in [1.54, 1.807) is 19.9 Å². The van der Waals surface area contributed by atoms with Crippen LogP contribution in [0.2, 0.25) is 0 Å². The largest absolute Gasteiger partial charge is 0.416 e. The van der Waals surface area contributed by atoms with E-state index < -0.39 is 17.8 Å². The number of carbonyl (C=O) groups excluding carboxylic acids is 1. The first kappa shape index (κ1) is 17.0. The van der Waals surface area contributed by atoms with E-state index >= 15 is 0 Å². The van der Waals surface area contributed by atoms with E-state index in [0.29, 0.717) is 11.4 Å². The molecule has 0 aliphatic rings. The maximum absolute atomic E-state index is 12.9. The molecule has 0 spiro atoms. The minimum atomic E-state index is -4.41. The molecular weight excluding hydrogens is 311 g/mol. The Morgan fingerprint density at radius 2 is 2.00 bits per heavy atom. The van der Waals surface area contributed by atoms with E-state index in [-0.39, 0.29) is 24.3 Å². The fourth-order valence-corrected chi connectivity index (χ4v) is 2.24. The topological polar surface area (TPSA) is 68.0 Å². The summed E-state index contributed by atoms with van der Waals surface area (Å²) in [5.74, 6) is -0.346. The lowest BCUT2D eigenvalue weighted by Crippen LogP contribution is -2.35. The SMILES string of the molecule is Cc1nonc1CC(=O)NC(C)Cc1ccccc1C(F)(F)F. The van der Waals surface area contributed by atoms with Gasteiger partial charge in [0.1, 0.15) is 11.4 Å². The van der Waals surface area contributed by atoms with Crippen molar-refractivity contribution in [3.05, 3.63) is 46.8 Å². The Labute approximate surface area is 130 Å². The molecule has 0 saturated carbocycles. The third-order valence-electron chi connectivity index (χ3n) is 3.33. The van der Waals surface area contributed by atoms with Gasteiger partial charge in [-0.3, -0.25) is 4.79 Å². The van der Waals surface area contributed by atoms with Crippen molar-refractivity contribution in [3.63, 3.8) is 0 Å². The Morgan fingerprint density at radius 1 is 1.30 bits per heavy atom. The number of amides is 1. The Kier molecular flexibility index (Phi) is 5.02. The second-order valence-electron chi connectivity index (χ2n) is 5.30. The lowest BCUT2D eigenvalue weighted by Gasteiger charge is -2.17. The Morgan fingerprint density at radius 3 is 2.61 bits per heavy atom. The number of aryl methyl sites for hydroxylation is 1. The van der Waals surface area contributed by atoms with Gasteiger partial charge in [0.15, 0.2) is 0 Å². The van der Waals surface area contributed by atoms with Crippen molar-refractivity contribution in [2.24, 2.45) is 0 Å². The number of benzene rings is 1. The first-order valence-electron chi connectivity index (χ1n) is 7.00. The molecule has 124 valence electrons. The Bertz CT molecular complexity index is 683. The fraction of sp³-hybridized carbons (Fsp3) is 0.400. The first-order valence-corrected chi connectivity index (χ1v) is 7.00. The summed E-state index contributed by atoms with van der Waals surface area (Å²) in [5.41, 5.74) is 0.380. The molecule has 2 aromatic rings. The summed E-state index contributed by atoms with van der Waals surface area (Å²) in [5, 5.41) is 9.82. The average molecular weight is 327 g/mol. The van der Waals surface area contributed by atoms with Crippen molar-refractivity contribution >= 4 is 5.91 Å². The highest BCUT2D eigenvalue weighted by Crippen LogP contribution is 2.32. The number of nitrogens with one attached hydrogen (secondary N) is 1. The van der Waals surface area contributed by atoms with E-state index in [1.807, 2.05) is 0 Å². The van der Waals surface area contributed by atoms with Gasteiger partial charge in [0.25, 0.3) is 0 Å². The van der Waals surface area contributed by atoms with E-state index in [2.05, 4.69) is 20.3 Å². The summed E-state index contributed by atoms with van der Waals surface area (Å²) in [7, 11) is 0. The molecule has 0 fully saturated rings. The predicted octanol–water partition coefficient (Wildman–Crippen LogP) is 2.69. The maximum Gasteiger partial charge on any atom is 0.416 e. The van der Waals surface area contributed by atoms with Gasteiger partial charge < -0.3 is 5.32 Å². The van der Waals surface area contributed by atoms with Gasteiger partial charge in [0, 0.05) is 6.04 Å². The summed E-state index contributed by atoms with van der Waals surface area (Å²) in [6, 6.07) is 4.89. The minimum Gasteiger partial charge on any atom is -0.353 e. The van der Waals surface area contributed by atoms with Crippen LogP contribution in [0.3, 0.4) is 0 Å². The highest BCUT2D eigenvalue weighted by Gasteiger charge is 2.33. The van der Waals surface area contributed by atoms with Gasteiger partial charge in [-0.05, 0) is 31.9 Å². The number of aromatic nitrogens is 2. The number of nitrogens with zero attached hydrogens (tertiary/aromatic N) is 2. The van der Waals surface area contributed by atoms with Crippen molar-refractivity contribution < 1.29 is 22.6 Å². The second-order valence-corrected chi connectivity index (χ2v) is 5.30. The average Bonchev–Trinajstić information content (AvgIpc) is 2.83. The monoisotopic (exact) mass is 327 g/mol. The molecule has 0 saturated heterocycles. The lowest BCUT2D eigenvalue weighted by molar-refractivity contribution is -0.138. The van der Waals surface area contributed by atoms with Crippen molar-refractivity contribution in [2.45, 2.75) is 38.9 Å². The zero-order valence-electron chi connectivity index (χ0n) is 12.6. The molecule has 1 aromatic heterocycles. The van der Waals surface area contributed by atoms with Crippen LogP contribution in [0, 0.1) is 6.92 Å². The second kappa shape index (κ2) is 6.80. The maximum atomic E-state index is 12.9. The van der Waals surface area contributed by atoms with E-state index in [4.69, 9.17) is 0 Å². The molecule has 0 radical (unpaired) electrons. The van der Waals surface area contributed by atoms with Crippen LogP contribution in [0.1, 0.15) is 29.4 Å². The smallest absolute Gasteiger partial charge is 0.353 e. The minimum absolute atomic E-state index is 0.0272. The molecule has 0 bridgehead atoms. The predicted molar refractivity (Wildman–Crippen MR) is 75.5 cm³/mol. The van der Waals surface area contributed by atoms with Crippen molar-refractivity contribution in [1.82, 2.24) is 15.6 Å². The summed E-state index contributed by atoms with van der Waals surface area (Å²) in [6.45, 7) is 3.31. The van der Waals surface area contributed by atoms with Gasteiger partial charge in [-0.25, -0.2) is 4.63 Å². The standard InChI is InChI=1S/C15H16F3N3O2/c1-9(19-14(22)8-13-10(2)20-23-21-13)7-11-5-3-4-6-12(11)15(16,17)18/h3-6,9H,7-8H2,1-2H3,(H,19,22). The third kappa shape index (κ3) is 4.54. The van der Waals surface area contributed by atoms with Crippen LogP contribution in [0.15, 0.2) is 28.9 Å². The summed E-state index contributed by atoms with van der Waals surface area (Å²) >= 11 is 0. The highest BCUT2D eigenvalue weighted by molar-refractivity contribution is 5.78. The molecule has 5 nitrogen and oxygen atoms in total. The Balaban J connectivity index is 1.99. The molecular formula is C15H16F3N3O2. The molecule has 23 heavy (non-hydrogen) atoms. The van der Waals surface area contributed by atoms with Crippen molar-refractivity contribution in [3.8, 4) is 0 Å². The number of carbonyl (C=O) groups is 1. The molecule has 1 heterocycles. The number of alkyl halides is 3. The molecule has 0 aliphatic heterocycles. The molecule has 1 N–H and O–H groups in total. The van der Waals surface area contributed by atoms with Crippen LogP contribution in [0.4, 0.5) is 13.2 Å². The number of rotatable bonds is 5. The molecule has 1 amide bonds. The van der Waals surface area contributed by atoms with E-state index in [1.165, 1.54) is 12.1 Å². The Hall–Kier alpha value is -2.38. The zero-order chi connectivity index (χ0) is 17.0. The van der Waals surface area contributed by atoms with Crippen molar-refractivity contribution in [2.75, 3.05) is 0 Å². The van der Waals surface area contributed by atoms with Gasteiger partial charge in [-0.1, -0.05) is 28.5 Å². The quantitative estimate of drug-likeness (QED) is 0.917. The lowest BCUT2D eigenvalue weighted by atomic mass is 10.0. The van der Waals surface area contributed by atoms with Gasteiger partial charge >= 0.3 is 6.18 Å². The molecule has 2 rings (SSSR count). The van der Waals surface area contributed by atoms with Gasteiger partial charge in [-0.2, -0.15) is 13.2 Å². The molecule has 1 unspecified atom stereocenters. The normalized spacial score (nSPS) is 12.9. The van der Waals surface area contributed by atoms with Crippen LogP contribution in [-0.2, 0) is 23.8 Å². The van der Waals surface area contributed by atoms with Crippen LogP contribution in [0.25, 0.3) is 0 Å². The van der Waals surface area contributed by atoms with Crippen LogP contribution in [0.5, 0.6) is 0 Å². The molecule has 8 heteroatoms. The third-order valence-corrected chi connectivity index (χ3v) is 3.33.